The normalized spacial score (nSPS) is 31.3. The van der Waals surface area contributed by atoms with E-state index in [-0.39, 0.29) is 31.2 Å². The molecule has 1 aliphatic rings. The Kier molecular flexibility index (Phi) is 20.3. The summed E-state index contributed by atoms with van der Waals surface area (Å²) >= 11 is 0. The van der Waals surface area contributed by atoms with Crippen LogP contribution in [0.5, 0.6) is 0 Å². The zero-order chi connectivity index (χ0) is 32.2. The zero-order valence-electron chi connectivity index (χ0n) is 27.3. The second-order valence-corrected chi connectivity index (χ2v) is 12.6. The zero-order valence-corrected chi connectivity index (χ0v) is 27.3. The first kappa shape index (κ1) is 39.0. The van der Waals surface area contributed by atoms with Crippen molar-refractivity contribution in [1.29, 1.82) is 0 Å². The van der Waals surface area contributed by atoms with Gasteiger partial charge >= 0.3 is 5.97 Å². The van der Waals surface area contributed by atoms with Crippen molar-refractivity contribution in [1.82, 2.24) is 5.32 Å². The second-order valence-electron chi connectivity index (χ2n) is 12.6. The third-order valence-corrected chi connectivity index (χ3v) is 8.11. The van der Waals surface area contributed by atoms with Gasteiger partial charge in [-0.1, -0.05) is 65.2 Å². The number of β-amino-alcohol motifs (C(OH)–C–C–N with tert-alkyl or cyclic N) is 1. The molecule has 9 nitrogen and oxygen atoms in total. The van der Waals surface area contributed by atoms with Crippen molar-refractivity contribution in [3.63, 3.8) is 0 Å². The number of nitrogens with one attached hydrogen (secondary N) is 1. The Morgan fingerprint density at radius 2 is 1.65 bits per heavy atom. The van der Waals surface area contributed by atoms with Gasteiger partial charge in [-0.05, 0) is 62.4 Å². The van der Waals surface area contributed by atoms with E-state index in [1.54, 1.807) is 7.11 Å². The number of hydrogen-bond acceptors (Lipinski definition) is 8. The lowest BCUT2D eigenvalue weighted by Gasteiger charge is -2.23. The van der Waals surface area contributed by atoms with Crippen molar-refractivity contribution < 1.29 is 39.2 Å². The van der Waals surface area contributed by atoms with Crippen molar-refractivity contribution in [2.75, 3.05) is 20.3 Å². The lowest BCUT2D eigenvalue weighted by molar-refractivity contribution is -0.160. The molecule has 0 fully saturated rings. The topological polar surface area (TPSA) is 142 Å². The van der Waals surface area contributed by atoms with Crippen LogP contribution in [0, 0.1) is 17.8 Å². The monoisotopic (exact) mass is 609 g/mol. The molecule has 7 unspecified atom stereocenters. The Labute approximate surface area is 259 Å². The molecule has 0 aromatic rings. The molecule has 0 aromatic heterocycles. The Morgan fingerprint density at radius 3 is 2.35 bits per heavy atom. The maximum atomic E-state index is 12.8. The van der Waals surface area contributed by atoms with Gasteiger partial charge in [0.2, 0.25) is 0 Å². The molecular weight excluding hydrogens is 550 g/mol. The fourth-order valence-electron chi connectivity index (χ4n) is 5.38. The van der Waals surface area contributed by atoms with Gasteiger partial charge in [-0.3, -0.25) is 14.4 Å². The van der Waals surface area contributed by atoms with Crippen molar-refractivity contribution >= 4 is 17.7 Å². The standard InChI is InChI=1S/C34H59NO8/c1-6-11-32-33(40)35-22-29(37)21-31(39)30(38)19-18-27(23-42-5)15-9-13-24(2)14-10-17-28(36)16-8-7-12-25(3)20-26(4)34(41)43-32/h9,13,15,24-26,29-32,37-39H,6-8,10-12,14,16-23H2,1-5H3,(H,35,40). The summed E-state index contributed by atoms with van der Waals surface area (Å²) in [7, 11) is 1.60. The van der Waals surface area contributed by atoms with E-state index in [0.717, 1.165) is 37.7 Å². The van der Waals surface area contributed by atoms with Gasteiger partial charge in [-0.15, -0.1) is 0 Å². The summed E-state index contributed by atoms with van der Waals surface area (Å²) < 4.78 is 10.9. The van der Waals surface area contributed by atoms with E-state index in [9.17, 15) is 29.7 Å². The second kappa shape index (κ2) is 22.4. The molecule has 7 atom stereocenters. The molecular formula is C34H59NO8. The van der Waals surface area contributed by atoms with E-state index in [2.05, 4.69) is 25.2 Å². The SMILES string of the molecule is CCCC1OC(=O)C(C)CC(C)CCCCC(=O)CCCC(C)C=CC=C(COC)CCC(O)C(O)CC(O)CNC1=O. The maximum Gasteiger partial charge on any atom is 0.309 e. The largest absolute Gasteiger partial charge is 0.452 e. The van der Waals surface area contributed by atoms with Gasteiger partial charge in [-0.25, -0.2) is 0 Å². The van der Waals surface area contributed by atoms with Gasteiger partial charge in [0.15, 0.2) is 6.10 Å². The first-order valence-electron chi connectivity index (χ1n) is 16.4. The van der Waals surface area contributed by atoms with Crippen LogP contribution in [0.2, 0.25) is 0 Å². The number of carbonyl (C=O) groups is 3. The number of Topliss-reactive ketones (excluding diaryl/α,β-unsaturated/α-hetero) is 1. The predicted molar refractivity (Wildman–Crippen MR) is 168 cm³/mol. The number of ether oxygens (including phenoxy) is 2. The van der Waals surface area contributed by atoms with Gasteiger partial charge in [-0.2, -0.15) is 0 Å². The van der Waals surface area contributed by atoms with E-state index in [1.165, 1.54) is 0 Å². The van der Waals surface area contributed by atoms with E-state index in [4.69, 9.17) is 9.47 Å². The summed E-state index contributed by atoms with van der Waals surface area (Å²) in [5, 5.41) is 34.0. The number of rotatable bonds is 4. The van der Waals surface area contributed by atoms with Crippen LogP contribution in [-0.2, 0) is 23.9 Å². The van der Waals surface area contributed by atoms with Crippen LogP contribution in [-0.4, -0.2) is 77.7 Å². The number of cyclic esters (lactones) is 1. The minimum atomic E-state index is -1.17. The van der Waals surface area contributed by atoms with Crippen LogP contribution in [0.15, 0.2) is 23.8 Å². The van der Waals surface area contributed by atoms with Crippen LogP contribution in [0.3, 0.4) is 0 Å². The smallest absolute Gasteiger partial charge is 0.309 e. The summed E-state index contributed by atoms with van der Waals surface area (Å²) in [6.07, 6.45) is 9.73. The van der Waals surface area contributed by atoms with Gasteiger partial charge in [0.1, 0.15) is 5.78 Å². The quantitative estimate of drug-likeness (QED) is 0.333. The molecule has 0 aliphatic carbocycles. The minimum absolute atomic E-state index is 0.113. The van der Waals surface area contributed by atoms with Crippen LogP contribution in [0.25, 0.3) is 0 Å². The molecule has 0 aromatic carbocycles. The molecule has 0 bridgehead atoms. The van der Waals surface area contributed by atoms with E-state index < -0.39 is 36.3 Å². The fraction of sp³-hybridized carbons (Fsp3) is 0.794. The molecule has 4 N–H and O–H groups in total. The average molecular weight is 610 g/mol. The number of methoxy groups -OCH3 is 1. The van der Waals surface area contributed by atoms with Crippen LogP contribution < -0.4 is 5.32 Å². The Hall–Kier alpha value is -2.07. The molecule has 1 amide bonds. The van der Waals surface area contributed by atoms with Crippen molar-refractivity contribution in [2.45, 2.75) is 136 Å². The lowest BCUT2D eigenvalue weighted by atomic mass is 9.92. The molecule has 0 spiro atoms. The van der Waals surface area contributed by atoms with Crippen LogP contribution >= 0.6 is 0 Å². The molecule has 1 rings (SSSR count). The summed E-state index contributed by atoms with van der Waals surface area (Å²) in [4.78, 5) is 38.0. The third-order valence-electron chi connectivity index (χ3n) is 8.11. The molecule has 0 saturated carbocycles. The lowest BCUT2D eigenvalue weighted by Crippen LogP contribution is -2.43. The van der Waals surface area contributed by atoms with Crippen molar-refractivity contribution in [3.05, 3.63) is 23.8 Å². The predicted octanol–water partition coefficient (Wildman–Crippen LogP) is 4.81. The molecule has 0 saturated heterocycles. The first-order chi connectivity index (χ1) is 20.5. The minimum Gasteiger partial charge on any atom is -0.452 e. The van der Waals surface area contributed by atoms with Crippen molar-refractivity contribution in [3.8, 4) is 0 Å². The first-order valence-corrected chi connectivity index (χ1v) is 16.4. The molecule has 9 heteroatoms. The van der Waals surface area contributed by atoms with E-state index >= 15 is 0 Å². The highest BCUT2D eigenvalue weighted by Crippen LogP contribution is 2.21. The van der Waals surface area contributed by atoms with E-state index in [0.29, 0.717) is 56.8 Å². The number of esters is 1. The summed E-state index contributed by atoms with van der Waals surface area (Å²) in [6.45, 7) is 8.19. The Morgan fingerprint density at radius 1 is 0.930 bits per heavy atom. The highest BCUT2D eigenvalue weighted by Gasteiger charge is 2.27. The summed E-state index contributed by atoms with van der Waals surface area (Å²) in [5.41, 5.74) is 0.966. The van der Waals surface area contributed by atoms with Gasteiger partial charge in [0.05, 0.1) is 30.8 Å². The molecule has 1 heterocycles. The molecule has 1 aliphatic heterocycles. The average Bonchev–Trinajstić information content (AvgIpc) is 2.95. The summed E-state index contributed by atoms with van der Waals surface area (Å²) in [6, 6.07) is 0. The van der Waals surface area contributed by atoms with Crippen LogP contribution in [0.4, 0.5) is 0 Å². The van der Waals surface area contributed by atoms with Gasteiger partial charge in [0.25, 0.3) is 5.91 Å². The third kappa shape index (κ3) is 17.7. The van der Waals surface area contributed by atoms with Gasteiger partial charge < -0.3 is 30.1 Å². The number of carbonyl (C=O) groups excluding carboxylic acids is 3. The van der Waals surface area contributed by atoms with Crippen LogP contribution in [0.1, 0.15) is 111 Å². The number of hydrogen-bond donors (Lipinski definition) is 4. The Bertz CT molecular complexity index is 872. The van der Waals surface area contributed by atoms with Gasteiger partial charge in [0, 0.05) is 32.9 Å². The number of allylic oxidation sites excluding steroid dienone is 3. The number of aliphatic hydroxyl groups excluding tert-OH is 3. The number of ketones is 1. The molecule has 0 radical (unpaired) electrons. The Balaban J connectivity index is 2.92. The fourth-order valence-corrected chi connectivity index (χ4v) is 5.38. The number of amides is 1. The van der Waals surface area contributed by atoms with Crippen molar-refractivity contribution in [2.24, 2.45) is 17.8 Å². The molecule has 43 heavy (non-hydrogen) atoms. The maximum absolute atomic E-state index is 12.8. The highest BCUT2D eigenvalue weighted by molar-refractivity contribution is 5.84. The van der Waals surface area contributed by atoms with E-state index in [1.807, 2.05) is 26.0 Å². The highest BCUT2D eigenvalue weighted by atomic mass is 16.5. The summed E-state index contributed by atoms with van der Waals surface area (Å²) in [5.74, 6) is -0.377. The molecule has 248 valence electrons. The number of aliphatic hydroxyl groups is 3.